The van der Waals surface area contributed by atoms with Crippen molar-refractivity contribution < 1.29 is 29.0 Å². The number of ether oxygens (including phenoxy) is 2. The number of hydrogen-bond acceptors (Lipinski definition) is 5. The maximum absolute atomic E-state index is 13.3. The summed E-state index contributed by atoms with van der Waals surface area (Å²) < 4.78 is 11.0. The van der Waals surface area contributed by atoms with Gasteiger partial charge in [-0.1, -0.05) is 48.5 Å². The van der Waals surface area contributed by atoms with Gasteiger partial charge in [-0.15, -0.1) is 0 Å². The van der Waals surface area contributed by atoms with Gasteiger partial charge in [0.25, 0.3) is 0 Å². The van der Waals surface area contributed by atoms with Crippen LogP contribution in [0, 0.1) is 5.92 Å². The first-order valence-corrected chi connectivity index (χ1v) is 12.1. The molecule has 1 saturated carbocycles. The van der Waals surface area contributed by atoms with Gasteiger partial charge in [0.2, 0.25) is 5.91 Å². The number of hydrogen-bond donors (Lipinski definition) is 2. The van der Waals surface area contributed by atoms with Crippen molar-refractivity contribution in [1.82, 2.24) is 10.2 Å². The van der Waals surface area contributed by atoms with Crippen molar-refractivity contribution in [2.24, 2.45) is 5.92 Å². The zero-order valence-electron chi connectivity index (χ0n) is 19.7. The van der Waals surface area contributed by atoms with Crippen LogP contribution in [0.25, 0.3) is 11.1 Å². The molecule has 2 aliphatic carbocycles. The molecule has 1 aliphatic heterocycles. The number of aliphatic carboxylic acids is 1. The Hall–Kier alpha value is -3.39. The first-order chi connectivity index (χ1) is 16.9. The molecule has 2 aromatic rings. The second-order valence-electron chi connectivity index (χ2n) is 9.65. The average molecular weight is 479 g/mol. The van der Waals surface area contributed by atoms with Crippen LogP contribution in [0.1, 0.15) is 42.7 Å². The van der Waals surface area contributed by atoms with Crippen molar-refractivity contribution in [3.8, 4) is 11.1 Å². The number of benzene rings is 2. The number of rotatable bonds is 7. The number of carboxylic acid groups (broad SMARTS) is 1. The lowest BCUT2D eigenvalue weighted by molar-refractivity contribution is -0.171. The normalized spacial score (nSPS) is 22.1. The van der Waals surface area contributed by atoms with Crippen molar-refractivity contribution in [2.45, 2.75) is 43.2 Å². The number of nitrogens with zero attached hydrogens (tertiary/aromatic N) is 1. The molecule has 2 amide bonds. The van der Waals surface area contributed by atoms with Gasteiger partial charge < -0.3 is 24.8 Å². The van der Waals surface area contributed by atoms with Crippen molar-refractivity contribution in [3.63, 3.8) is 0 Å². The summed E-state index contributed by atoms with van der Waals surface area (Å²) in [5.41, 5.74) is 3.12. The molecule has 8 heteroatoms. The van der Waals surface area contributed by atoms with Crippen LogP contribution in [0.3, 0.4) is 0 Å². The van der Waals surface area contributed by atoms with Gasteiger partial charge in [-0.25, -0.2) is 9.59 Å². The van der Waals surface area contributed by atoms with E-state index in [0.29, 0.717) is 19.4 Å². The Balaban J connectivity index is 1.25. The molecular formula is C27H30N2O6. The van der Waals surface area contributed by atoms with Gasteiger partial charge >= 0.3 is 12.1 Å². The minimum absolute atomic E-state index is 0.0340. The molecule has 2 N–H and O–H groups in total. The lowest BCUT2D eigenvalue weighted by atomic mass is 9.92. The van der Waals surface area contributed by atoms with Crippen LogP contribution in [0.2, 0.25) is 0 Å². The molecule has 8 nitrogen and oxygen atoms in total. The summed E-state index contributed by atoms with van der Waals surface area (Å²) >= 11 is 0. The van der Waals surface area contributed by atoms with Crippen LogP contribution < -0.4 is 5.32 Å². The zero-order chi connectivity index (χ0) is 24.6. The summed E-state index contributed by atoms with van der Waals surface area (Å²) in [6.07, 6.45) is 1.90. The van der Waals surface area contributed by atoms with E-state index in [1.54, 1.807) is 0 Å². The molecule has 0 radical (unpaired) electrons. The van der Waals surface area contributed by atoms with Crippen LogP contribution in [0.5, 0.6) is 0 Å². The van der Waals surface area contributed by atoms with E-state index >= 15 is 0 Å². The minimum atomic E-state index is -1.41. The fourth-order valence-electron chi connectivity index (χ4n) is 5.41. The molecule has 35 heavy (non-hydrogen) atoms. The van der Waals surface area contributed by atoms with Gasteiger partial charge in [0.15, 0.2) is 5.60 Å². The molecule has 2 fully saturated rings. The lowest BCUT2D eigenvalue weighted by Gasteiger charge is -2.40. The van der Waals surface area contributed by atoms with E-state index in [4.69, 9.17) is 9.47 Å². The third-order valence-electron chi connectivity index (χ3n) is 7.52. The first-order valence-electron chi connectivity index (χ1n) is 12.1. The minimum Gasteiger partial charge on any atom is -0.479 e. The van der Waals surface area contributed by atoms with Crippen LogP contribution in [0.4, 0.5) is 4.79 Å². The number of fused-ring (bicyclic) bond motifs is 3. The topological polar surface area (TPSA) is 105 Å². The number of carbonyl (C=O) groups excluding carboxylic acids is 2. The Bertz CT molecular complexity index is 1100. The Morgan fingerprint density at radius 3 is 2.29 bits per heavy atom. The van der Waals surface area contributed by atoms with Gasteiger partial charge in [-0.2, -0.15) is 0 Å². The third-order valence-corrected chi connectivity index (χ3v) is 7.52. The van der Waals surface area contributed by atoms with Crippen molar-refractivity contribution in [1.29, 1.82) is 0 Å². The zero-order valence-corrected chi connectivity index (χ0v) is 19.7. The molecule has 0 aromatic heterocycles. The highest BCUT2D eigenvalue weighted by Gasteiger charge is 2.47. The van der Waals surface area contributed by atoms with E-state index in [0.717, 1.165) is 35.1 Å². The summed E-state index contributed by atoms with van der Waals surface area (Å²) in [5, 5.41) is 12.4. The van der Waals surface area contributed by atoms with Crippen molar-refractivity contribution >= 4 is 18.0 Å². The summed E-state index contributed by atoms with van der Waals surface area (Å²) in [6.45, 7) is 0.570. The maximum atomic E-state index is 13.3. The van der Waals surface area contributed by atoms with Crippen LogP contribution in [-0.2, 0) is 19.1 Å². The van der Waals surface area contributed by atoms with Crippen molar-refractivity contribution in [3.05, 3.63) is 59.7 Å². The van der Waals surface area contributed by atoms with E-state index in [1.807, 2.05) is 24.3 Å². The fourth-order valence-corrected chi connectivity index (χ4v) is 5.41. The lowest BCUT2D eigenvalue weighted by Crippen LogP contribution is -2.59. The standard InChI is InChI=1S/C27H30N2O6/c1-34-27(25(31)32)13-6-14-29(16-27)24(30)23(17-11-12-17)28-26(33)35-15-22-20-9-4-2-7-18(20)19-8-3-5-10-21(19)22/h2-5,7-10,17,22-23H,6,11-16H2,1H3,(H,28,33)(H,31,32). The second kappa shape index (κ2) is 9.34. The van der Waals surface area contributed by atoms with Gasteiger partial charge in [-0.3, -0.25) is 4.79 Å². The second-order valence-corrected chi connectivity index (χ2v) is 9.65. The first kappa shape index (κ1) is 23.4. The average Bonchev–Trinajstić information content (AvgIpc) is 3.68. The third kappa shape index (κ3) is 4.38. The molecule has 2 unspecified atom stereocenters. The number of likely N-dealkylation sites (tertiary alicyclic amines) is 1. The number of carbonyl (C=O) groups is 3. The number of piperidine rings is 1. The predicted molar refractivity (Wildman–Crippen MR) is 128 cm³/mol. The largest absolute Gasteiger partial charge is 0.479 e. The van der Waals surface area contributed by atoms with E-state index in [-0.39, 0.29) is 30.9 Å². The molecule has 3 aliphatic rings. The quantitative estimate of drug-likeness (QED) is 0.632. The smallest absolute Gasteiger partial charge is 0.407 e. The highest BCUT2D eigenvalue weighted by Crippen LogP contribution is 2.44. The molecule has 1 saturated heterocycles. The summed E-state index contributed by atoms with van der Waals surface area (Å²) in [5.74, 6) is -1.39. The number of nitrogens with one attached hydrogen (secondary N) is 1. The van der Waals surface area contributed by atoms with E-state index < -0.39 is 23.7 Å². The molecule has 0 bridgehead atoms. The Labute approximate surface area is 204 Å². The summed E-state index contributed by atoms with van der Waals surface area (Å²) in [4.78, 5) is 39.5. The highest BCUT2D eigenvalue weighted by atomic mass is 16.5. The van der Waals surface area contributed by atoms with E-state index in [1.165, 1.54) is 12.0 Å². The number of amides is 2. The van der Waals surface area contributed by atoms with E-state index in [2.05, 4.69) is 29.6 Å². The molecular weight excluding hydrogens is 448 g/mol. The number of methoxy groups -OCH3 is 1. The van der Waals surface area contributed by atoms with Crippen LogP contribution >= 0.6 is 0 Å². The molecule has 5 rings (SSSR count). The maximum Gasteiger partial charge on any atom is 0.407 e. The fraction of sp³-hybridized carbons (Fsp3) is 0.444. The molecule has 0 spiro atoms. The molecule has 1 heterocycles. The van der Waals surface area contributed by atoms with E-state index in [9.17, 15) is 19.5 Å². The Morgan fingerprint density at radius 2 is 1.71 bits per heavy atom. The van der Waals surface area contributed by atoms with Gasteiger partial charge in [0.05, 0.1) is 6.54 Å². The van der Waals surface area contributed by atoms with Crippen LogP contribution in [-0.4, -0.2) is 66.4 Å². The molecule has 2 aromatic carbocycles. The number of carboxylic acids is 1. The Morgan fingerprint density at radius 1 is 1.09 bits per heavy atom. The van der Waals surface area contributed by atoms with Crippen molar-refractivity contribution in [2.75, 3.05) is 26.8 Å². The molecule has 2 atom stereocenters. The van der Waals surface area contributed by atoms with Gasteiger partial charge in [-0.05, 0) is 53.9 Å². The predicted octanol–water partition coefficient (Wildman–Crippen LogP) is 3.40. The van der Waals surface area contributed by atoms with Crippen LogP contribution in [0.15, 0.2) is 48.5 Å². The summed E-state index contributed by atoms with van der Waals surface area (Å²) in [7, 11) is 1.36. The Kier molecular flexibility index (Phi) is 6.23. The summed E-state index contributed by atoms with van der Waals surface area (Å²) in [6, 6.07) is 15.5. The van der Waals surface area contributed by atoms with Gasteiger partial charge in [0, 0.05) is 19.6 Å². The van der Waals surface area contributed by atoms with Gasteiger partial charge in [0.1, 0.15) is 12.6 Å². The SMILES string of the molecule is COC1(C(=O)O)CCCN(C(=O)C(NC(=O)OCC2c3ccccc3-c3ccccc32)C2CC2)C1. The highest BCUT2D eigenvalue weighted by molar-refractivity contribution is 5.88. The molecule has 184 valence electrons. The number of alkyl carbamates (subject to hydrolysis) is 1. The monoisotopic (exact) mass is 478 g/mol.